The van der Waals surface area contributed by atoms with Gasteiger partial charge in [-0.3, -0.25) is 9.00 Å². The Hall–Kier alpha value is -4.08. The van der Waals surface area contributed by atoms with Crippen LogP contribution in [-0.4, -0.2) is 71.1 Å². The highest BCUT2D eigenvalue weighted by Gasteiger charge is 2.43. The summed E-state index contributed by atoms with van der Waals surface area (Å²) in [5.74, 6) is -1.40. The molecule has 0 aliphatic carbocycles. The zero-order chi connectivity index (χ0) is 35.8. The molecule has 2 N–H and O–H groups in total. The second kappa shape index (κ2) is 12.1. The molecule has 0 amide bonds. The highest BCUT2D eigenvalue weighted by Crippen LogP contribution is 2.41. The normalized spacial score (nSPS) is 20.7. The van der Waals surface area contributed by atoms with Gasteiger partial charge in [0.15, 0.2) is 5.54 Å². The first kappa shape index (κ1) is 34.8. The van der Waals surface area contributed by atoms with Crippen LogP contribution in [0.2, 0.25) is 12.6 Å². The number of aromatic carboxylic acids is 1. The largest absolute Gasteiger partial charge is 0.481 e. The van der Waals surface area contributed by atoms with Crippen molar-refractivity contribution >= 4 is 63.6 Å². The minimum atomic E-state index is -2.73. The molecule has 0 radical (unpaired) electrons. The molecule has 256 valence electrons. The van der Waals surface area contributed by atoms with Gasteiger partial charge in [0.2, 0.25) is 5.36 Å². The van der Waals surface area contributed by atoms with Crippen LogP contribution in [0.15, 0.2) is 60.7 Å². The average Bonchev–Trinajstić information content (AvgIpc) is 3.03. The van der Waals surface area contributed by atoms with E-state index in [2.05, 4.69) is 108 Å². The Kier molecular flexibility index (Phi) is 8.55. The molecule has 0 aromatic heterocycles. The molecule has 7 nitrogen and oxygen atoms in total. The summed E-state index contributed by atoms with van der Waals surface area (Å²) >= 11 is 0. The zero-order valence-electron chi connectivity index (χ0n) is 30.0. The van der Waals surface area contributed by atoms with Crippen molar-refractivity contribution in [1.82, 2.24) is 4.58 Å². The standard InChI is InChI=1S/C40H46N2O5SSi/c1-24-22-39(3,4)41(7)32-20-34-30(18-28(24)32)37(26-12-10-11-13-27(26)38(45)46)31-19-29-25(2)23-40(5,6)42(8)33(29)21-35(31)49(34,9)17-16-48(47)15-14-36(43)44/h10-13,18-23H,14-17H2,1-9H3,(H-,43,44,45,46)/p+1. The van der Waals surface area contributed by atoms with Gasteiger partial charge in [-0.05, 0) is 108 Å². The minimum Gasteiger partial charge on any atom is -0.481 e. The SMILES string of the molecule is CC1=CC(C)(C)N(C)c2cc3c(cc21)C(c1ccccc1C(=O)O)=c1cc2c(cc1[Si]3(C)CCS(=O)CCC(=O)O)=[N+](C)C(C)(C)C=C2C. The number of carboxylic acid groups (broad SMARTS) is 2. The number of hydrogen-bond donors (Lipinski definition) is 2. The Morgan fingerprint density at radius 3 is 2.22 bits per heavy atom. The summed E-state index contributed by atoms with van der Waals surface area (Å²) in [6.07, 6.45) is 4.45. The van der Waals surface area contributed by atoms with Gasteiger partial charge >= 0.3 is 11.9 Å². The van der Waals surface area contributed by atoms with Gasteiger partial charge in [-0.25, -0.2) is 9.37 Å². The number of benzene rings is 3. The van der Waals surface area contributed by atoms with E-state index in [0.717, 1.165) is 38.5 Å². The highest BCUT2D eigenvalue weighted by atomic mass is 32.2. The van der Waals surface area contributed by atoms with Gasteiger partial charge in [0.05, 0.1) is 17.5 Å². The number of carboxylic acids is 2. The zero-order valence-corrected chi connectivity index (χ0v) is 31.8. The molecule has 3 aliphatic rings. The summed E-state index contributed by atoms with van der Waals surface area (Å²) in [5.41, 5.74) is 8.13. The third kappa shape index (κ3) is 5.74. The van der Waals surface area contributed by atoms with Crippen LogP contribution in [0.4, 0.5) is 5.69 Å². The maximum absolute atomic E-state index is 13.4. The molecule has 0 spiro atoms. The highest BCUT2D eigenvalue weighted by molar-refractivity contribution is 7.85. The molecule has 49 heavy (non-hydrogen) atoms. The average molecular weight is 696 g/mol. The summed E-state index contributed by atoms with van der Waals surface area (Å²) in [6, 6.07) is 17.1. The van der Waals surface area contributed by atoms with Gasteiger partial charge in [-0.2, -0.15) is 0 Å². The van der Waals surface area contributed by atoms with Gasteiger partial charge in [-0.15, -0.1) is 0 Å². The van der Waals surface area contributed by atoms with E-state index >= 15 is 0 Å². The van der Waals surface area contributed by atoms with Crippen molar-refractivity contribution in [3.8, 4) is 0 Å². The van der Waals surface area contributed by atoms with E-state index in [-0.39, 0.29) is 28.8 Å². The molecule has 3 aromatic rings. The maximum Gasteiger partial charge on any atom is 0.336 e. The van der Waals surface area contributed by atoms with Gasteiger partial charge < -0.3 is 15.1 Å². The van der Waals surface area contributed by atoms with Crippen LogP contribution in [0.1, 0.15) is 80.6 Å². The Morgan fingerprint density at radius 1 is 0.878 bits per heavy atom. The molecular weight excluding hydrogens is 649 g/mol. The van der Waals surface area contributed by atoms with E-state index in [0.29, 0.717) is 17.4 Å². The van der Waals surface area contributed by atoms with Crippen LogP contribution in [0.5, 0.6) is 0 Å². The van der Waals surface area contributed by atoms with Gasteiger partial charge in [-0.1, -0.05) is 30.8 Å². The van der Waals surface area contributed by atoms with Gasteiger partial charge in [0.1, 0.15) is 15.1 Å². The fraction of sp³-hybridized carbons (Fsp3) is 0.375. The number of rotatable bonds is 8. The predicted molar refractivity (Wildman–Crippen MR) is 204 cm³/mol. The number of aliphatic carboxylic acids is 1. The second-order valence-electron chi connectivity index (χ2n) is 15.2. The van der Waals surface area contributed by atoms with Crippen molar-refractivity contribution in [3.05, 3.63) is 99.1 Å². The summed E-state index contributed by atoms with van der Waals surface area (Å²) in [6.45, 7) is 15.5. The predicted octanol–water partition coefficient (Wildman–Crippen LogP) is 4.31. The maximum atomic E-state index is 13.4. The van der Waals surface area contributed by atoms with Crippen LogP contribution >= 0.6 is 0 Å². The van der Waals surface area contributed by atoms with Gasteiger partial charge in [0.25, 0.3) is 0 Å². The number of likely N-dealkylation sites (N-methyl/N-ethyl adjacent to an activating group) is 2. The lowest BCUT2D eigenvalue weighted by atomic mass is 9.84. The lowest BCUT2D eigenvalue weighted by Gasteiger charge is -2.43. The first-order chi connectivity index (χ1) is 22.9. The Balaban J connectivity index is 1.78. The van der Waals surface area contributed by atoms with Crippen LogP contribution < -0.4 is 30.4 Å². The number of fused-ring (bicyclic) bond motifs is 4. The lowest BCUT2D eigenvalue weighted by Crippen LogP contribution is -2.67. The molecule has 2 atom stereocenters. The van der Waals surface area contributed by atoms with Crippen molar-refractivity contribution in [2.24, 2.45) is 0 Å². The van der Waals surface area contributed by atoms with Crippen molar-refractivity contribution in [1.29, 1.82) is 0 Å². The quantitative estimate of drug-likeness (QED) is 0.270. The minimum absolute atomic E-state index is 0.124. The first-order valence-electron chi connectivity index (χ1n) is 16.9. The van der Waals surface area contributed by atoms with Crippen molar-refractivity contribution < 1.29 is 24.0 Å². The van der Waals surface area contributed by atoms with Gasteiger partial charge in [0, 0.05) is 66.1 Å². The third-order valence-electron chi connectivity index (χ3n) is 11.2. The van der Waals surface area contributed by atoms with Crippen LogP contribution in [-0.2, 0) is 15.6 Å². The molecule has 2 unspecified atom stereocenters. The molecule has 3 heterocycles. The molecule has 6 rings (SSSR count). The van der Waals surface area contributed by atoms with Crippen LogP contribution in [0.25, 0.3) is 16.7 Å². The second-order valence-corrected chi connectivity index (χ2v) is 21.1. The van der Waals surface area contributed by atoms with Crippen LogP contribution in [0, 0.1) is 0 Å². The van der Waals surface area contributed by atoms with E-state index in [1.165, 1.54) is 21.5 Å². The van der Waals surface area contributed by atoms with E-state index < -0.39 is 30.8 Å². The topological polar surface area (TPSA) is 97.9 Å². The molecule has 0 fully saturated rings. The molecule has 3 aromatic carbocycles. The monoisotopic (exact) mass is 695 g/mol. The fourth-order valence-electron chi connectivity index (χ4n) is 8.08. The molecule has 0 bridgehead atoms. The first-order valence-corrected chi connectivity index (χ1v) is 21.1. The Bertz CT molecular complexity index is 2180. The molecule has 3 aliphatic heterocycles. The number of allylic oxidation sites excluding steroid dienone is 2. The van der Waals surface area contributed by atoms with Crippen molar-refractivity contribution in [2.45, 2.75) is 71.6 Å². The lowest BCUT2D eigenvalue weighted by molar-refractivity contribution is -0.136. The smallest absolute Gasteiger partial charge is 0.336 e. The summed E-state index contributed by atoms with van der Waals surface area (Å²) < 4.78 is 15.7. The molecular formula is C40H47N2O5SSi+. The number of hydrogen-bond acceptors (Lipinski definition) is 4. The summed E-state index contributed by atoms with van der Waals surface area (Å²) in [5, 5.41) is 24.3. The molecule has 9 heteroatoms. The summed E-state index contributed by atoms with van der Waals surface area (Å²) in [4.78, 5) is 26.5. The molecule has 0 saturated heterocycles. The number of nitrogens with zero attached hydrogens (tertiary/aromatic N) is 2. The van der Waals surface area contributed by atoms with E-state index in [9.17, 15) is 24.0 Å². The van der Waals surface area contributed by atoms with Crippen LogP contribution in [0.3, 0.4) is 0 Å². The summed E-state index contributed by atoms with van der Waals surface area (Å²) in [7, 11) is 0.213. The van der Waals surface area contributed by atoms with E-state index in [1.54, 1.807) is 12.1 Å². The number of anilines is 1. The van der Waals surface area contributed by atoms with E-state index in [4.69, 9.17) is 0 Å². The fourth-order valence-corrected chi connectivity index (χ4v) is 14.6. The Labute approximate surface area is 292 Å². The van der Waals surface area contributed by atoms with E-state index in [1.807, 2.05) is 12.1 Å². The number of carbonyl (C=O) groups is 2. The van der Waals surface area contributed by atoms with Crippen molar-refractivity contribution in [2.75, 3.05) is 30.5 Å². The molecule has 0 saturated carbocycles. The van der Waals surface area contributed by atoms with Crippen molar-refractivity contribution in [3.63, 3.8) is 0 Å². The Morgan fingerprint density at radius 2 is 1.55 bits per heavy atom. The third-order valence-corrected chi connectivity index (χ3v) is 17.4.